The van der Waals surface area contributed by atoms with Crippen LogP contribution >= 0.6 is 0 Å². The molecule has 0 spiro atoms. The lowest BCUT2D eigenvalue weighted by Crippen LogP contribution is -2.44. The first-order valence-electron chi connectivity index (χ1n) is 10.1. The number of rotatable bonds is 3. The highest BCUT2D eigenvalue weighted by Gasteiger charge is 2.54. The molecule has 0 radical (unpaired) electrons. The van der Waals surface area contributed by atoms with Gasteiger partial charge < -0.3 is 14.6 Å². The Balaban J connectivity index is 1.74. The second kappa shape index (κ2) is 6.56. The smallest absolute Gasteiger partial charge is 0.308 e. The molecule has 3 aliphatic rings. The molecule has 26 heavy (non-hydrogen) atoms. The Morgan fingerprint density at radius 2 is 2.08 bits per heavy atom. The first-order valence-corrected chi connectivity index (χ1v) is 10.1. The molecule has 2 saturated carbocycles. The van der Waals surface area contributed by atoms with E-state index in [1.807, 2.05) is 13.0 Å². The van der Waals surface area contributed by atoms with Crippen molar-refractivity contribution in [3.8, 4) is 11.5 Å². The van der Waals surface area contributed by atoms with Crippen molar-refractivity contribution in [1.29, 1.82) is 0 Å². The van der Waals surface area contributed by atoms with Gasteiger partial charge in [-0.25, -0.2) is 0 Å². The average Bonchev–Trinajstić information content (AvgIpc) is 2.89. The van der Waals surface area contributed by atoms with Gasteiger partial charge in [0.2, 0.25) is 0 Å². The highest BCUT2D eigenvalue weighted by atomic mass is 16.5. The number of aryl methyl sites for hydroxylation is 1. The van der Waals surface area contributed by atoms with Crippen LogP contribution in [-0.4, -0.2) is 23.8 Å². The molecular formula is C22H30O4. The molecule has 4 rings (SSSR count). The van der Waals surface area contributed by atoms with Gasteiger partial charge in [0.05, 0.1) is 12.7 Å². The van der Waals surface area contributed by atoms with E-state index in [1.165, 1.54) is 18.1 Å². The lowest BCUT2D eigenvalue weighted by atomic mass is 9.55. The van der Waals surface area contributed by atoms with Crippen molar-refractivity contribution in [3.05, 3.63) is 23.3 Å². The fraction of sp³-hybridized carbons (Fsp3) is 0.682. The van der Waals surface area contributed by atoms with Gasteiger partial charge in [-0.1, -0.05) is 6.92 Å². The van der Waals surface area contributed by atoms with Gasteiger partial charge in [-0.2, -0.15) is 0 Å². The lowest BCUT2D eigenvalue weighted by molar-refractivity contribution is -0.132. The van der Waals surface area contributed by atoms with E-state index in [2.05, 4.69) is 13.0 Å². The Kier molecular flexibility index (Phi) is 4.50. The van der Waals surface area contributed by atoms with Crippen LogP contribution in [0.15, 0.2) is 12.1 Å². The molecule has 5 atom stereocenters. The number of ether oxygens (including phenoxy) is 2. The first-order chi connectivity index (χ1) is 12.4. The summed E-state index contributed by atoms with van der Waals surface area (Å²) in [7, 11) is 0. The fourth-order valence-electron chi connectivity index (χ4n) is 6.12. The van der Waals surface area contributed by atoms with E-state index in [0.29, 0.717) is 30.1 Å². The molecule has 1 N–H and O–H groups in total. The van der Waals surface area contributed by atoms with E-state index >= 15 is 0 Å². The van der Waals surface area contributed by atoms with Gasteiger partial charge in [-0.05, 0) is 80.2 Å². The quantitative estimate of drug-likeness (QED) is 0.649. The molecule has 3 aliphatic carbocycles. The topological polar surface area (TPSA) is 55.8 Å². The summed E-state index contributed by atoms with van der Waals surface area (Å²) >= 11 is 0. The van der Waals surface area contributed by atoms with Gasteiger partial charge in [0.25, 0.3) is 0 Å². The molecular weight excluding hydrogens is 328 g/mol. The summed E-state index contributed by atoms with van der Waals surface area (Å²) in [6.07, 6.45) is 6.14. The number of hydrogen-bond acceptors (Lipinski definition) is 4. The highest BCUT2D eigenvalue weighted by molar-refractivity contribution is 5.70. The Hall–Kier alpha value is -1.55. The van der Waals surface area contributed by atoms with E-state index in [-0.39, 0.29) is 17.5 Å². The van der Waals surface area contributed by atoms with E-state index in [1.54, 1.807) is 0 Å². The summed E-state index contributed by atoms with van der Waals surface area (Å²) in [5, 5.41) is 10.6. The molecule has 142 valence electrons. The minimum absolute atomic E-state index is 0.0610. The standard InChI is InChI=1S/C22H30O4/c1-4-25-15-11-14-5-6-16-17(21(14)19(12-15)26-13(2)23)9-10-22(3)18(16)7-8-20(22)24/h11-12,16-18,20,24H,4-10H2,1-3H3/t16-,17+,18+,20+,22+/m1/s1. The van der Waals surface area contributed by atoms with Gasteiger partial charge in [0, 0.05) is 18.6 Å². The molecule has 4 nitrogen and oxygen atoms in total. The van der Waals surface area contributed by atoms with Crippen LogP contribution in [0, 0.1) is 17.3 Å². The van der Waals surface area contributed by atoms with Crippen molar-refractivity contribution >= 4 is 5.97 Å². The minimum atomic E-state index is -0.278. The van der Waals surface area contributed by atoms with Crippen molar-refractivity contribution in [2.24, 2.45) is 17.3 Å². The summed E-state index contributed by atoms with van der Waals surface area (Å²) in [5.74, 6) is 2.77. The molecule has 1 aromatic rings. The van der Waals surface area contributed by atoms with Gasteiger partial charge in [0.15, 0.2) is 0 Å². The van der Waals surface area contributed by atoms with Crippen LogP contribution in [0.5, 0.6) is 11.5 Å². The maximum absolute atomic E-state index is 11.7. The zero-order valence-corrected chi connectivity index (χ0v) is 16.1. The molecule has 1 aromatic carbocycles. The third-order valence-electron chi connectivity index (χ3n) is 7.27. The monoisotopic (exact) mass is 358 g/mol. The Bertz CT molecular complexity index is 712. The van der Waals surface area contributed by atoms with Crippen LogP contribution < -0.4 is 9.47 Å². The molecule has 4 heteroatoms. The van der Waals surface area contributed by atoms with Crippen molar-refractivity contribution in [3.63, 3.8) is 0 Å². The molecule has 0 unspecified atom stereocenters. The van der Waals surface area contributed by atoms with Crippen LogP contribution in [0.1, 0.15) is 69.9 Å². The van der Waals surface area contributed by atoms with Gasteiger partial charge >= 0.3 is 5.97 Å². The number of esters is 1. The third-order valence-corrected chi connectivity index (χ3v) is 7.27. The maximum Gasteiger partial charge on any atom is 0.308 e. The Labute approximate surface area is 155 Å². The fourth-order valence-corrected chi connectivity index (χ4v) is 6.12. The number of hydrogen-bond donors (Lipinski definition) is 1. The average molecular weight is 358 g/mol. The molecule has 0 aromatic heterocycles. The van der Waals surface area contributed by atoms with E-state index in [9.17, 15) is 9.90 Å². The van der Waals surface area contributed by atoms with Crippen molar-refractivity contribution in [2.45, 2.75) is 71.3 Å². The Morgan fingerprint density at radius 1 is 1.27 bits per heavy atom. The van der Waals surface area contributed by atoms with Crippen LogP contribution in [0.3, 0.4) is 0 Å². The number of carbonyl (C=O) groups excluding carboxylic acids is 1. The molecule has 2 fully saturated rings. The number of carbonyl (C=O) groups is 1. The normalized spacial score (nSPS) is 35.2. The summed E-state index contributed by atoms with van der Waals surface area (Å²) < 4.78 is 11.3. The summed E-state index contributed by atoms with van der Waals surface area (Å²) in [6, 6.07) is 4.03. The summed E-state index contributed by atoms with van der Waals surface area (Å²) in [4.78, 5) is 11.7. The van der Waals surface area contributed by atoms with Gasteiger partial charge in [-0.15, -0.1) is 0 Å². The number of aliphatic hydroxyl groups excluding tert-OH is 1. The van der Waals surface area contributed by atoms with Crippen LogP contribution in [0.2, 0.25) is 0 Å². The Morgan fingerprint density at radius 3 is 2.81 bits per heavy atom. The highest BCUT2D eigenvalue weighted by Crippen LogP contribution is 2.62. The molecule has 0 heterocycles. The number of fused-ring (bicyclic) bond motifs is 5. The predicted molar refractivity (Wildman–Crippen MR) is 99.5 cm³/mol. The van der Waals surface area contributed by atoms with E-state index in [0.717, 1.165) is 44.3 Å². The van der Waals surface area contributed by atoms with Crippen molar-refractivity contribution in [1.82, 2.24) is 0 Å². The summed E-state index contributed by atoms with van der Waals surface area (Å²) in [6.45, 7) is 6.31. The number of benzene rings is 1. The number of aliphatic hydroxyl groups is 1. The van der Waals surface area contributed by atoms with Crippen LogP contribution in [0.25, 0.3) is 0 Å². The second-order valence-corrected chi connectivity index (χ2v) is 8.57. The van der Waals surface area contributed by atoms with E-state index in [4.69, 9.17) is 9.47 Å². The zero-order valence-electron chi connectivity index (χ0n) is 16.1. The molecule has 0 aliphatic heterocycles. The van der Waals surface area contributed by atoms with Crippen molar-refractivity contribution in [2.75, 3.05) is 6.61 Å². The van der Waals surface area contributed by atoms with Gasteiger partial charge in [-0.3, -0.25) is 4.79 Å². The molecule has 0 amide bonds. The van der Waals surface area contributed by atoms with Crippen LogP contribution in [0.4, 0.5) is 0 Å². The zero-order chi connectivity index (χ0) is 18.5. The lowest BCUT2D eigenvalue weighted by Gasteiger charge is -2.50. The second-order valence-electron chi connectivity index (χ2n) is 8.57. The predicted octanol–water partition coefficient (Wildman–Crippen LogP) is 4.23. The summed E-state index contributed by atoms with van der Waals surface area (Å²) in [5.41, 5.74) is 2.56. The largest absolute Gasteiger partial charge is 0.494 e. The SMILES string of the molecule is CCOc1cc2c(c(OC(C)=O)c1)[C@H]1CC[C@]3(C)[C@@H](O)CC[C@H]3[C@@H]1CC2. The first kappa shape index (κ1) is 17.8. The minimum Gasteiger partial charge on any atom is -0.494 e. The van der Waals surface area contributed by atoms with E-state index < -0.39 is 0 Å². The molecule has 0 saturated heterocycles. The van der Waals surface area contributed by atoms with Crippen LogP contribution in [-0.2, 0) is 11.2 Å². The van der Waals surface area contributed by atoms with Gasteiger partial charge in [0.1, 0.15) is 11.5 Å². The molecule has 0 bridgehead atoms. The van der Waals surface area contributed by atoms with Crippen molar-refractivity contribution < 1.29 is 19.4 Å². The third kappa shape index (κ3) is 2.74. The maximum atomic E-state index is 11.7.